The molecule has 0 bridgehead atoms. The Labute approximate surface area is 108 Å². The normalized spacial score (nSPS) is 11.8. The van der Waals surface area contributed by atoms with Crippen LogP contribution < -0.4 is 5.32 Å². The lowest BCUT2D eigenvalue weighted by Crippen LogP contribution is -2.34. The van der Waals surface area contributed by atoms with E-state index in [0.29, 0.717) is 18.8 Å². The molecule has 0 fully saturated rings. The first-order valence-corrected chi connectivity index (χ1v) is 7.25. The largest absolute Gasteiger partial charge is 0.395 e. The van der Waals surface area contributed by atoms with Crippen LogP contribution in [0.4, 0.5) is 5.82 Å². The summed E-state index contributed by atoms with van der Waals surface area (Å²) in [7, 11) is -1.85. The maximum atomic E-state index is 12.3. The molecule has 0 amide bonds. The minimum absolute atomic E-state index is 0.101. The van der Waals surface area contributed by atoms with E-state index in [1.807, 2.05) is 6.92 Å². The first kappa shape index (κ1) is 14.9. The van der Waals surface area contributed by atoms with Crippen LogP contribution in [-0.2, 0) is 10.0 Å². The molecule has 0 unspecified atom stereocenters. The van der Waals surface area contributed by atoms with Crippen LogP contribution in [0.15, 0.2) is 23.2 Å². The van der Waals surface area contributed by atoms with Gasteiger partial charge < -0.3 is 10.4 Å². The van der Waals surface area contributed by atoms with Crippen LogP contribution in [0.2, 0.25) is 0 Å². The highest BCUT2D eigenvalue weighted by atomic mass is 32.2. The maximum Gasteiger partial charge on any atom is 0.244 e. The number of pyridine rings is 1. The van der Waals surface area contributed by atoms with Gasteiger partial charge in [-0.25, -0.2) is 13.4 Å². The number of sulfonamides is 1. The third-order valence-electron chi connectivity index (χ3n) is 2.45. The average molecular weight is 273 g/mol. The first-order chi connectivity index (χ1) is 8.56. The molecular formula is C11H19N3O3S. The smallest absolute Gasteiger partial charge is 0.244 e. The van der Waals surface area contributed by atoms with Crippen LogP contribution in [-0.4, -0.2) is 49.6 Å². The van der Waals surface area contributed by atoms with Crippen LogP contribution in [0, 0.1) is 0 Å². The van der Waals surface area contributed by atoms with Crippen molar-refractivity contribution in [1.82, 2.24) is 9.29 Å². The second-order valence-electron chi connectivity index (χ2n) is 3.76. The van der Waals surface area contributed by atoms with Crippen molar-refractivity contribution in [1.29, 1.82) is 0 Å². The molecule has 0 saturated heterocycles. The van der Waals surface area contributed by atoms with Crippen molar-refractivity contribution in [3.63, 3.8) is 0 Å². The van der Waals surface area contributed by atoms with Crippen LogP contribution in [0.3, 0.4) is 0 Å². The van der Waals surface area contributed by atoms with Gasteiger partial charge >= 0.3 is 0 Å². The Bertz CT molecular complexity index is 453. The van der Waals surface area contributed by atoms with E-state index in [4.69, 9.17) is 5.11 Å². The molecule has 0 aliphatic rings. The maximum absolute atomic E-state index is 12.3. The Balaban J connectivity index is 3.01. The van der Waals surface area contributed by atoms with Gasteiger partial charge in [-0.3, -0.25) is 0 Å². The van der Waals surface area contributed by atoms with E-state index in [9.17, 15) is 8.42 Å². The van der Waals surface area contributed by atoms with Crippen molar-refractivity contribution in [2.45, 2.75) is 18.2 Å². The summed E-state index contributed by atoms with van der Waals surface area (Å²) < 4.78 is 25.8. The van der Waals surface area contributed by atoms with Crippen molar-refractivity contribution in [3.8, 4) is 0 Å². The molecule has 2 N–H and O–H groups in total. The summed E-state index contributed by atoms with van der Waals surface area (Å²) in [6, 6.07) is 3.12. The number of aliphatic hydroxyl groups is 1. The Hall–Kier alpha value is -1.18. The molecule has 1 rings (SSSR count). The number of rotatable bonds is 7. The van der Waals surface area contributed by atoms with Gasteiger partial charge in [-0.15, -0.1) is 0 Å². The van der Waals surface area contributed by atoms with Gasteiger partial charge in [-0.05, 0) is 18.6 Å². The lowest BCUT2D eigenvalue weighted by molar-refractivity contribution is 0.253. The van der Waals surface area contributed by atoms with Gasteiger partial charge in [0, 0.05) is 26.3 Å². The zero-order valence-corrected chi connectivity index (χ0v) is 11.4. The number of nitrogens with zero attached hydrogens (tertiary/aromatic N) is 2. The molecule has 0 aliphatic carbocycles. The number of nitrogens with one attached hydrogen (secondary N) is 1. The Kier molecular flexibility index (Phi) is 5.52. The third kappa shape index (κ3) is 3.41. The lowest BCUT2D eigenvalue weighted by Gasteiger charge is -2.20. The number of aromatic nitrogens is 1. The van der Waals surface area contributed by atoms with E-state index in [1.165, 1.54) is 16.6 Å². The quantitative estimate of drug-likeness (QED) is 0.756. The molecule has 18 heavy (non-hydrogen) atoms. The number of anilines is 1. The van der Waals surface area contributed by atoms with E-state index in [-0.39, 0.29) is 18.0 Å². The van der Waals surface area contributed by atoms with Crippen molar-refractivity contribution in [2.24, 2.45) is 0 Å². The van der Waals surface area contributed by atoms with E-state index in [0.717, 1.165) is 0 Å². The summed E-state index contributed by atoms with van der Waals surface area (Å²) in [6.45, 7) is 2.18. The van der Waals surface area contributed by atoms with Crippen molar-refractivity contribution in [3.05, 3.63) is 18.3 Å². The minimum Gasteiger partial charge on any atom is -0.395 e. The molecule has 1 heterocycles. The van der Waals surface area contributed by atoms with Gasteiger partial charge in [0.2, 0.25) is 10.0 Å². The summed E-state index contributed by atoms with van der Waals surface area (Å²) in [4.78, 5) is 4.13. The van der Waals surface area contributed by atoms with Crippen molar-refractivity contribution >= 4 is 15.8 Å². The summed E-state index contributed by atoms with van der Waals surface area (Å²) in [6.07, 6.45) is 2.02. The Morgan fingerprint density at radius 3 is 2.56 bits per heavy atom. The number of aliphatic hydroxyl groups excluding tert-OH is 1. The summed E-state index contributed by atoms with van der Waals surface area (Å²) in [5, 5.41) is 11.7. The van der Waals surface area contributed by atoms with E-state index in [2.05, 4.69) is 10.3 Å². The fourth-order valence-corrected chi connectivity index (χ4v) is 3.01. The SMILES string of the molecule is CCCN(CCO)S(=O)(=O)c1ccc(NC)nc1. The zero-order chi connectivity index (χ0) is 13.6. The molecule has 0 radical (unpaired) electrons. The van der Waals surface area contributed by atoms with E-state index >= 15 is 0 Å². The zero-order valence-electron chi connectivity index (χ0n) is 10.6. The molecule has 6 nitrogen and oxygen atoms in total. The highest BCUT2D eigenvalue weighted by Gasteiger charge is 2.23. The third-order valence-corrected chi connectivity index (χ3v) is 4.33. The van der Waals surface area contributed by atoms with Crippen molar-refractivity contribution < 1.29 is 13.5 Å². The topological polar surface area (TPSA) is 82.5 Å². The van der Waals surface area contributed by atoms with Gasteiger partial charge in [0.25, 0.3) is 0 Å². The van der Waals surface area contributed by atoms with Crippen LogP contribution in [0.1, 0.15) is 13.3 Å². The van der Waals surface area contributed by atoms with E-state index < -0.39 is 10.0 Å². The van der Waals surface area contributed by atoms with Crippen LogP contribution >= 0.6 is 0 Å². The monoisotopic (exact) mass is 273 g/mol. The molecule has 0 atom stereocenters. The summed E-state index contributed by atoms with van der Waals surface area (Å²) in [5.74, 6) is 0.609. The highest BCUT2D eigenvalue weighted by molar-refractivity contribution is 7.89. The summed E-state index contributed by atoms with van der Waals surface area (Å²) >= 11 is 0. The first-order valence-electron chi connectivity index (χ1n) is 5.81. The predicted octanol–water partition coefficient (Wildman–Crippen LogP) is 0.516. The second kappa shape index (κ2) is 6.67. The average Bonchev–Trinajstić information content (AvgIpc) is 2.38. The molecule has 7 heteroatoms. The molecule has 0 saturated carbocycles. The van der Waals surface area contributed by atoms with Gasteiger partial charge in [-0.1, -0.05) is 6.92 Å². The molecule has 0 aliphatic heterocycles. The number of hydrogen-bond donors (Lipinski definition) is 2. The van der Waals surface area contributed by atoms with Crippen LogP contribution in [0.5, 0.6) is 0 Å². The molecule has 0 aromatic carbocycles. The van der Waals surface area contributed by atoms with Gasteiger partial charge in [-0.2, -0.15) is 4.31 Å². The standard InChI is InChI=1S/C11H19N3O3S/c1-3-6-14(7-8-15)18(16,17)10-4-5-11(12-2)13-9-10/h4-5,9,15H,3,6-8H2,1-2H3,(H,12,13). The van der Waals surface area contributed by atoms with Gasteiger partial charge in [0.1, 0.15) is 10.7 Å². The molecule has 1 aromatic heterocycles. The minimum atomic E-state index is -3.57. The fourth-order valence-electron chi connectivity index (χ4n) is 1.54. The Morgan fingerprint density at radius 2 is 2.11 bits per heavy atom. The molecule has 0 spiro atoms. The molecule has 1 aromatic rings. The van der Waals surface area contributed by atoms with Crippen molar-refractivity contribution in [2.75, 3.05) is 32.1 Å². The predicted molar refractivity (Wildman–Crippen MR) is 69.9 cm³/mol. The van der Waals surface area contributed by atoms with Gasteiger partial charge in [0.05, 0.1) is 6.61 Å². The van der Waals surface area contributed by atoms with Gasteiger partial charge in [0.15, 0.2) is 0 Å². The molecule has 102 valence electrons. The summed E-state index contributed by atoms with van der Waals surface area (Å²) in [5.41, 5.74) is 0. The lowest BCUT2D eigenvalue weighted by atomic mass is 10.5. The highest BCUT2D eigenvalue weighted by Crippen LogP contribution is 2.16. The second-order valence-corrected chi connectivity index (χ2v) is 5.69. The van der Waals surface area contributed by atoms with E-state index in [1.54, 1.807) is 13.1 Å². The molecular weight excluding hydrogens is 254 g/mol. The number of hydrogen-bond acceptors (Lipinski definition) is 5. The van der Waals surface area contributed by atoms with Crippen LogP contribution in [0.25, 0.3) is 0 Å². The Morgan fingerprint density at radius 1 is 1.39 bits per heavy atom. The fraction of sp³-hybridized carbons (Fsp3) is 0.545.